The van der Waals surface area contributed by atoms with E-state index in [0.717, 1.165) is 6.54 Å². The van der Waals surface area contributed by atoms with E-state index >= 15 is 0 Å². The second-order valence-electron chi connectivity index (χ2n) is 7.19. The molecule has 0 fully saturated rings. The van der Waals surface area contributed by atoms with Crippen molar-refractivity contribution < 1.29 is 23.0 Å². The minimum atomic E-state index is -4.96. The normalized spacial score (nSPS) is 14.3. The third-order valence-corrected chi connectivity index (χ3v) is 4.55. The molecule has 2 aromatic carbocycles. The molecule has 0 aromatic heterocycles. The molecule has 158 valence electrons. The van der Waals surface area contributed by atoms with Gasteiger partial charge in [-0.05, 0) is 44.9 Å². The maximum Gasteiger partial charge on any atom is 0.425 e. The zero-order valence-corrected chi connectivity index (χ0v) is 17.3. The standard InChI is InChI=1S/C22H27F3N2O2/c1-6-27(5)14-26-19-13-20(29-15(2)3)18(12-16(19)4)21(28,22(23,24)25)17-10-8-7-9-11-17/h7-15,28H,6H2,1-5H3. The van der Waals surface area contributed by atoms with Gasteiger partial charge in [-0.1, -0.05) is 30.3 Å². The van der Waals surface area contributed by atoms with Gasteiger partial charge in [0.1, 0.15) is 5.75 Å². The van der Waals surface area contributed by atoms with Crippen LogP contribution in [0.2, 0.25) is 0 Å². The molecule has 1 N–H and O–H groups in total. The van der Waals surface area contributed by atoms with Crippen molar-refractivity contribution in [1.29, 1.82) is 0 Å². The van der Waals surface area contributed by atoms with Crippen LogP contribution in [0, 0.1) is 6.92 Å². The summed E-state index contributed by atoms with van der Waals surface area (Å²) in [7, 11) is 1.84. The first kappa shape index (κ1) is 22.7. The molecular weight excluding hydrogens is 381 g/mol. The predicted molar refractivity (Wildman–Crippen MR) is 109 cm³/mol. The Balaban J connectivity index is 2.74. The van der Waals surface area contributed by atoms with Gasteiger partial charge in [-0.25, -0.2) is 4.99 Å². The summed E-state index contributed by atoms with van der Waals surface area (Å²) in [5.41, 5.74) is -2.88. The maximum absolute atomic E-state index is 14.2. The molecule has 0 aliphatic heterocycles. The number of benzene rings is 2. The van der Waals surface area contributed by atoms with Gasteiger partial charge >= 0.3 is 6.18 Å². The lowest BCUT2D eigenvalue weighted by Gasteiger charge is -2.33. The molecule has 0 aliphatic rings. The molecule has 0 saturated heterocycles. The van der Waals surface area contributed by atoms with Crippen LogP contribution >= 0.6 is 0 Å². The first-order valence-electron chi connectivity index (χ1n) is 9.41. The second-order valence-corrected chi connectivity index (χ2v) is 7.19. The minimum absolute atomic E-state index is 0.0550. The Hall–Kier alpha value is -2.54. The van der Waals surface area contributed by atoms with Gasteiger partial charge in [-0.3, -0.25) is 0 Å². The van der Waals surface area contributed by atoms with E-state index in [1.165, 1.54) is 36.4 Å². The molecule has 29 heavy (non-hydrogen) atoms. The topological polar surface area (TPSA) is 45.1 Å². The van der Waals surface area contributed by atoms with Crippen LogP contribution in [0.25, 0.3) is 0 Å². The van der Waals surface area contributed by atoms with Gasteiger partial charge in [0.05, 0.1) is 18.1 Å². The second kappa shape index (κ2) is 8.86. The molecule has 0 amide bonds. The van der Waals surface area contributed by atoms with Gasteiger partial charge in [0.15, 0.2) is 0 Å². The van der Waals surface area contributed by atoms with Crippen LogP contribution in [0.1, 0.15) is 37.5 Å². The highest BCUT2D eigenvalue weighted by Gasteiger charge is 2.57. The van der Waals surface area contributed by atoms with Crippen LogP contribution in [0.4, 0.5) is 18.9 Å². The van der Waals surface area contributed by atoms with Crippen molar-refractivity contribution >= 4 is 12.0 Å². The van der Waals surface area contributed by atoms with Gasteiger partial charge in [-0.15, -0.1) is 0 Å². The Morgan fingerprint density at radius 3 is 2.31 bits per heavy atom. The molecule has 2 rings (SSSR count). The number of rotatable bonds is 7. The zero-order valence-electron chi connectivity index (χ0n) is 17.3. The summed E-state index contributed by atoms with van der Waals surface area (Å²) < 4.78 is 48.2. The number of ether oxygens (including phenoxy) is 1. The van der Waals surface area contributed by atoms with Crippen molar-refractivity contribution in [2.75, 3.05) is 13.6 Å². The van der Waals surface area contributed by atoms with Crippen molar-refractivity contribution in [3.63, 3.8) is 0 Å². The van der Waals surface area contributed by atoms with E-state index in [1.54, 1.807) is 33.2 Å². The largest absolute Gasteiger partial charge is 0.491 e. The van der Waals surface area contributed by atoms with Crippen LogP contribution in [0.15, 0.2) is 47.5 Å². The van der Waals surface area contributed by atoms with E-state index in [0.29, 0.717) is 11.3 Å². The van der Waals surface area contributed by atoms with Crippen LogP contribution in [0.5, 0.6) is 5.75 Å². The Kier molecular flexibility index (Phi) is 6.95. The molecule has 0 saturated carbocycles. The van der Waals surface area contributed by atoms with Crippen LogP contribution in [0.3, 0.4) is 0 Å². The Morgan fingerprint density at radius 2 is 1.79 bits per heavy atom. The number of alkyl halides is 3. The Labute approximate surface area is 169 Å². The summed E-state index contributed by atoms with van der Waals surface area (Å²) in [6.07, 6.45) is -3.74. The summed E-state index contributed by atoms with van der Waals surface area (Å²) in [5.74, 6) is -0.0550. The minimum Gasteiger partial charge on any atom is -0.491 e. The average molecular weight is 408 g/mol. The molecule has 7 heteroatoms. The smallest absolute Gasteiger partial charge is 0.425 e. The molecule has 0 heterocycles. The fourth-order valence-corrected chi connectivity index (χ4v) is 2.84. The van der Waals surface area contributed by atoms with Crippen molar-refractivity contribution in [1.82, 2.24) is 4.90 Å². The number of halogens is 3. The highest BCUT2D eigenvalue weighted by atomic mass is 19.4. The molecule has 0 aliphatic carbocycles. The molecule has 4 nitrogen and oxygen atoms in total. The molecule has 0 radical (unpaired) electrons. The van der Waals surface area contributed by atoms with E-state index in [4.69, 9.17) is 4.74 Å². The lowest BCUT2D eigenvalue weighted by Crippen LogP contribution is -2.43. The lowest BCUT2D eigenvalue weighted by atomic mass is 9.84. The molecule has 1 atom stereocenters. The zero-order chi connectivity index (χ0) is 21.8. The van der Waals surface area contributed by atoms with Crippen molar-refractivity contribution in [3.8, 4) is 5.75 Å². The van der Waals surface area contributed by atoms with Gasteiger partial charge in [0, 0.05) is 25.2 Å². The van der Waals surface area contributed by atoms with E-state index in [9.17, 15) is 18.3 Å². The average Bonchev–Trinajstić information content (AvgIpc) is 2.66. The SMILES string of the molecule is CCN(C)C=Nc1cc(OC(C)C)c(C(O)(c2ccccc2)C(F)(F)F)cc1C. The molecule has 0 bridgehead atoms. The first-order chi connectivity index (χ1) is 13.5. The van der Waals surface area contributed by atoms with Crippen LogP contribution < -0.4 is 4.74 Å². The first-order valence-corrected chi connectivity index (χ1v) is 9.41. The summed E-state index contributed by atoms with van der Waals surface area (Å²) >= 11 is 0. The number of aliphatic hydroxyl groups is 1. The predicted octanol–water partition coefficient (Wildman–Crippen LogP) is 5.19. The highest BCUT2D eigenvalue weighted by molar-refractivity contribution is 5.66. The molecule has 0 spiro atoms. The van der Waals surface area contributed by atoms with E-state index in [2.05, 4.69) is 4.99 Å². The third-order valence-electron chi connectivity index (χ3n) is 4.55. The fraction of sp³-hybridized carbons (Fsp3) is 0.409. The van der Waals surface area contributed by atoms with E-state index < -0.39 is 11.8 Å². The van der Waals surface area contributed by atoms with Gasteiger partial charge in [0.25, 0.3) is 0 Å². The van der Waals surface area contributed by atoms with Gasteiger partial charge in [-0.2, -0.15) is 13.2 Å². The van der Waals surface area contributed by atoms with Crippen molar-refractivity contribution in [2.24, 2.45) is 4.99 Å². The highest BCUT2D eigenvalue weighted by Crippen LogP contribution is 2.48. The summed E-state index contributed by atoms with van der Waals surface area (Å²) in [6, 6.07) is 9.77. The molecule has 1 unspecified atom stereocenters. The summed E-state index contributed by atoms with van der Waals surface area (Å²) in [5, 5.41) is 11.0. The molecular formula is C22H27F3N2O2. The van der Waals surface area contributed by atoms with Gasteiger partial charge in [0.2, 0.25) is 5.60 Å². The van der Waals surface area contributed by atoms with Crippen LogP contribution in [-0.4, -0.2) is 42.2 Å². The monoisotopic (exact) mass is 408 g/mol. The summed E-state index contributed by atoms with van der Waals surface area (Å²) in [6.45, 7) is 7.78. The maximum atomic E-state index is 14.2. The van der Waals surface area contributed by atoms with Crippen molar-refractivity contribution in [2.45, 2.75) is 45.6 Å². The van der Waals surface area contributed by atoms with E-state index in [-0.39, 0.29) is 23.0 Å². The van der Waals surface area contributed by atoms with Gasteiger partial charge < -0.3 is 14.7 Å². The summed E-state index contributed by atoms with van der Waals surface area (Å²) in [4.78, 5) is 6.20. The Bertz CT molecular complexity index is 851. The fourth-order valence-electron chi connectivity index (χ4n) is 2.84. The van der Waals surface area contributed by atoms with Crippen LogP contribution in [-0.2, 0) is 5.60 Å². The molecule has 2 aromatic rings. The number of hydrogen-bond donors (Lipinski definition) is 1. The third kappa shape index (κ3) is 4.90. The number of nitrogens with zero attached hydrogens (tertiary/aromatic N) is 2. The number of hydrogen-bond acceptors (Lipinski definition) is 3. The van der Waals surface area contributed by atoms with E-state index in [1.807, 2.05) is 18.9 Å². The number of aliphatic imine (C=N–C) groups is 1. The lowest BCUT2D eigenvalue weighted by molar-refractivity contribution is -0.248. The quantitative estimate of drug-likeness (QED) is 0.506. The Morgan fingerprint density at radius 1 is 1.17 bits per heavy atom. The van der Waals surface area contributed by atoms with Crippen molar-refractivity contribution in [3.05, 3.63) is 59.2 Å². The number of aryl methyl sites for hydroxylation is 1.